The van der Waals surface area contributed by atoms with Crippen LogP contribution in [0.25, 0.3) is 0 Å². The number of nitrogens with one attached hydrogen (secondary N) is 3. The molecule has 0 aliphatic heterocycles. The number of nitrogens with zero attached hydrogens (tertiary/aromatic N) is 1. The van der Waals surface area contributed by atoms with E-state index in [9.17, 15) is 14.4 Å². The zero-order chi connectivity index (χ0) is 21.4. The van der Waals surface area contributed by atoms with Gasteiger partial charge >= 0.3 is 0 Å². The third-order valence-electron chi connectivity index (χ3n) is 4.54. The van der Waals surface area contributed by atoms with Gasteiger partial charge in [-0.15, -0.1) is 11.3 Å². The third kappa shape index (κ3) is 6.05. The molecule has 29 heavy (non-hydrogen) atoms. The standard InChI is InChI=1S/C21H28N4O3S/c1-5-25(6-2)16-11-9-15(10-12-16)19(26)23-24-21(28)18(14(3)4)22-20(27)17-8-7-13-29-17/h7-14,18H,5-6H2,1-4H3,(H,22,27)(H,23,26)(H,24,28)/t18-/m0/s1. The number of thiophene rings is 1. The molecular formula is C21H28N4O3S. The van der Waals surface area contributed by atoms with Crippen LogP contribution in [0.5, 0.6) is 0 Å². The fourth-order valence-corrected chi connectivity index (χ4v) is 3.46. The number of hydrazine groups is 1. The van der Waals surface area contributed by atoms with Gasteiger partial charge in [0.15, 0.2) is 0 Å². The highest BCUT2D eigenvalue weighted by molar-refractivity contribution is 7.12. The topological polar surface area (TPSA) is 90.5 Å². The lowest BCUT2D eigenvalue weighted by Crippen LogP contribution is -2.54. The number of anilines is 1. The number of hydrogen-bond donors (Lipinski definition) is 3. The van der Waals surface area contributed by atoms with Crippen molar-refractivity contribution in [1.82, 2.24) is 16.2 Å². The van der Waals surface area contributed by atoms with Gasteiger partial charge in [-0.1, -0.05) is 19.9 Å². The molecule has 0 unspecified atom stereocenters. The maximum absolute atomic E-state index is 12.5. The van der Waals surface area contributed by atoms with Crippen LogP contribution in [0.1, 0.15) is 47.7 Å². The predicted molar refractivity (Wildman–Crippen MR) is 116 cm³/mol. The van der Waals surface area contributed by atoms with Gasteiger partial charge in [0.2, 0.25) is 0 Å². The average molecular weight is 417 g/mol. The minimum atomic E-state index is -0.769. The molecule has 2 aromatic rings. The first-order chi connectivity index (χ1) is 13.9. The molecule has 0 radical (unpaired) electrons. The van der Waals surface area contributed by atoms with E-state index in [1.807, 2.05) is 26.0 Å². The fourth-order valence-electron chi connectivity index (χ4n) is 2.84. The Morgan fingerprint density at radius 3 is 2.14 bits per heavy atom. The number of amides is 3. The molecule has 7 nitrogen and oxygen atoms in total. The highest BCUT2D eigenvalue weighted by Crippen LogP contribution is 2.15. The van der Waals surface area contributed by atoms with E-state index in [1.165, 1.54) is 11.3 Å². The van der Waals surface area contributed by atoms with E-state index in [1.54, 1.807) is 29.6 Å². The Morgan fingerprint density at radius 1 is 0.966 bits per heavy atom. The van der Waals surface area contributed by atoms with Crippen molar-refractivity contribution >= 4 is 34.7 Å². The molecule has 0 bridgehead atoms. The summed E-state index contributed by atoms with van der Waals surface area (Å²) in [6, 6.07) is 9.88. The van der Waals surface area contributed by atoms with E-state index < -0.39 is 17.9 Å². The summed E-state index contributed by atoms with van der Waals surface area (Å²) in [7, 11) is 0. The van der Waals surface area contributed by atoms with Gasteiger partial charge in [-0.3, -0.25) is 25.2 Å². The minimum Gasteiger partial charge on any atom is -0.372 e. The summed E-state index contributed by atoms with van der Waals surface area (Å²) in [5.74, 6) is -1.36. The first-order valence-electron chi connectivity index (χ1n) is 9.66. The van der Waals surface area contributed by atoms with Crippen LogP contribution in [0.4, 0.5) is 5.69 Å². The summed E-state index contributed by atoms with van der Waals surface area (Å²) in [5.41, 5.74) is 6.30. The molecule has 8 heteroatoms. The Balaban J connectivity index is 1.95. The van der Waals surface area contributed by atoms with Gasteiger partial charge in [-0.2, -0.15) is 0 Å². The van der Waals surface area contributed by atoms with Gasteiger partial charge in [0.05, 0.1) is 4.88 Å². The van der Waals surface area contributed by atoms with Crippen LogP contribution in [0, 0.1) is 5.92 Å². The second kappa shape index (κ2) is 10.6. The molecule has 3 amide bonds. The molecule has 2 rings (SSSR count). The van der Waals surface area contributed by atoms with Gasteiger partial charge in [-0.25, -0.2) is 0 Å². The van der Waals surface area contributed by atoms with Crippen LogP contribution in [-0.2, 0) is 4.79 Å². The zero-order valence-electron chi connectivity index (χ0n) is 17.2. The van der Waals surface area contributed by atoms with E-state index in [-0.39, 0.29) is 11.8 Å². The fraction of sp³-hybridized carbons (Fsp3) is 0.381. The molecule has 1 aromatic heterocycles. The van der Waals surface area contributed by atoms with Crippen LogP contribution in [0.3, 0.4) is 0 Å². The maximum Gasteiger partial charge on any atom is 0.269 e. The van der Waals surface area contributed by atoms with E-state index in [0.717, 1.165) is 18.8 Å². The SMILES string of the molecule is CCN(CC)c1ccc(C(=O)NNC(=O)[C@@H](NC(=O)c2cccs2)C(C)C)cc1. The van der Waals surface area contributed by atoms with Crippen LogP contribution in [0.2, 0.25) is 0 Å². The lowest BCUT2D eigenvalue weighted by atomic mass is 10.0. The van der Waals surface area contributed by atoms with E-state index in [0.29, 0.717) is 10.4 Å². The molecule has 3 N–H and O–H groups in total. The van der Waals surface area contributed by atoms with E-state index in [4.69, 9.17) is 0 Å². The molecule has 0 saturated carbocycles. The second-order valence-corrected chi connectivity index (χ2v) is 7.78. The highest BCUT2D eigenvalue weighted by Gasteiger charge is 2.25. The average Bonchev–Trinajstić information content (AvgIpc) is 3.26. The van der Waals surface area contributed by atoms with Crippen molar-refractivity contribution in [2.24, 2.45) is 5.92 Å². The van der Waals surface area contributed by atoms with Crippen molar-refractivity contribution in [2.75, 3.05) is 18.0 Å². The smallest absolute Gasteiger partial charge is 0.269 e. The van der Waals surface area contributed by atoms with Gasteiger partial charge in [0.1, 0.15) is 6.04 Å². The van der Waals surface area contributed by atoms with Crippen molar-refractivity contribution in [1.29, 1.82) is 0 Å². The van der Waals surface area contributed by atoms with E-state index in [2.05, 4.69) is 34.9 Å². The van der Waals surface area contributed by atoms with Gasteiger partial charge in [-0.05, 0) is 55.5 Å². The Labute approximate surface area is 175 Å². The summed E-state index contributed by atoms with van der Waals surface area (Å²) in [6.07, 6.45) is 0. The van der Waals surface area contributed by atoms with Crippen LogP contribution < -0.4 is 21.1 Å². The van der Waals surface area contributed by atoms with Crippen molar-refractivity contribution in [2.45, 2.75) is 33.7 Å². The molecule has 0 aliphatic carbocycles. The predicted octanol–water partition coefficient (Wildman–Crippen LogP) is 2.81. The highest BCUT2D eigenvalue weighted by atomic mass is 32.1. The molecule has 0 aliphatic rings. The Hall–Kier alpha value is -2.87. The summed E-state index contributed by atoms with van der Waals surface area (Å²) < 4.78 is 0. The first-order valence-corrected chi connectivity index (χ1v) is 10.5. The summed E-state index contributed by atoms with van der Waals surface area (Å²) in [5, 5.41) is 4.51. The lowest BCUT2D eigenvalue weighted by Gasteiger charge is -2.22. The molecule has 0 spiro atoms. The Bertz CT molecular complexity index is 815. The molecule has 1 heterocycles. The van der Waals surface area contributed by atoms with E-state index >= 15 is 0 Å². The molecular weight excluding hydrogens is 388 g/mol. The number of benzene rings is 1. The van der Waals surface area contributed by atoms with Crippen molar-refractivity contribution < 1.29 is 14.4 Å². The number of hydrogen-bond acceptors (Lipinski definition) is 5. The Kier molecular flexibility index (Phi) is 8.21. The molecule has 0 saturated heterocycles. The van der Waals surface area contributed by atoms with Crippen molar-refractivity contribution in [3.05, 3.63) is 52.2 Å². The van der Waals surface area contributed by atoms with Crippen LogP contribution >= 0.6 is 11.3 Å². The van der Waals surface area contributed by atoms with Crippen LogP contribution in [-0.4, -0.2) is 36.9 Å². The largest absolute Gasteiger partial charge is 0.372 e. The first kappa shape index (κ1) is 22.4. The normalized spacial score (nSPS) is 11.6. The maximum atomic E-state index is 12.5. The summed E-state index contributed by atoms with van der Waals surface area (Å²) in [4.78, 5) is 39.8. The quantitative estimate of drug-likeness (QED) is 0.577. The van der Waals surface area contributed by atoms with Crippen molar-refractivity contribution in [3.63, 3.8) is 0 Å². The molecule has 156 valence electrons. The number of carbonyl (C=O) groups excluding carboxylic acids is 3. The van der Waals surface area contributed by atoms with Gasteiger partial charge < -0.3 is 10.2 Å². The molecule has 1 atom stereocenters. The van der Waals surface area contributed by atoms with Crippen LogP contribution in [0.15, 0.2) is 41.8 Å². The second-order valence-electron chi connectivity index (χ2n) is 6.83. The lowest BCUT2D eigenvalue weighted by molar-refractivity contribution is -0.124. The monoisotopic (exact) mass is 416 g/mol. The number of carbonyl (C=O) groups is 3. The molecule has 0 fully saturated rings. The third-order valence-corrected chi connectivity index (χ3v) is 5.41. The molecule has 1 aromatic carbocycles. The zero-order valence-corrected chi connectivity index (χ0v) is 18.0. The summed E-state index contributed by atoms with van der Waals surface area (Å²) in [6.45, 7) is 9.56. The summed E-state index contributed by atoms with van der Waals surface area (Å²) >= 11 is 1.30. The Morgan fingerprint density at radius 2 is 1.62 bits per heavy atom. The minimum absolute atomic E-state index is 0.149. The van der Waals surface area contributed by atoms with Gasteiger partial charge in [0, 0.05) is 24.3 Å². The van der Waals surface area contributed by atoms with Crippen molar-refractivity contribution in [3.8, 4) is 0 Å². The number of rotatable bonds is 8. The van der Waals surface area contributed by atoms with Gasteiger partial charge in [0.25, 0.3) is 17.7 Å².